The van der Waals surface area contributed by atoms with Gasteiger partial charge in [0.05, 0.1) is 12.0 Å². The van der Waals surface area contributed by atoms with Crippen LogP contribution < -0.4 is 0 Å². The molecule has 92 valence electrons. The Labute approximate surface area is 101 Å². The molecule has 0 aromatic heterocycles. The third kappa shape index (κ3) is 2.84. The number of carboxylic acid groups (broad SMARTS) is 1. The van der Waals surface area contributed by atoms with E-state index in [4.69, 9.17) is 9.84 Å². The van der Waals surface area contributed by atoms with Crippen LogP contribution in [0.25, 0.3) is 0 Å². The highest BCUT2D eigenvalue weighted by molar-refractivity contribution is 5.71. The minimum Gasteiger partial charge on any atom is -0.481 e. The summed E-state index contributed by atoms with van der Waals surface area (Å²) in [6.45, 7) is 2.02. The quantitative estimate of drug-likeness (QED) is 0.852. The molecule has 1 fully saturated rings. The summed E-state index contributed by atoms with van der Waals surface area (Å²) in [6.07, 6.45) is -0.198. The summed E-state index contributed by atoms with van der Waals surface area (Å²) in [5, 5.41) is 9.09. The largest absolute Gasteiger partial charge is 0.481 e. The zero-order valence-electron chi connectivity index (χ0n) is 9.87. The van der Waals surface area contributed by atoms with E-state index in [1.807, 2.05) is 18.2 Å². The lowest BCUT2D eigenvalue weighted by molar-refractivity contribution is -0.144. The van der Waals surface area contributed by atoms with Crippen LogP contribution in [-0.4, -0.2) is 42.3 Å². The van der Waals surface area contributed by atoms with E-state index in [0.717, 1.165) is 6.54 Å². The van der Waals surface area contributed by atoms with Crippen molar-refractivity contribution in [3.63, 3.8) is 0 Å². The van der Waals surface area contributed by atoms with Crippen molar-refractivity contribution in [1.29, 1.82) is 0 Å². The lowest BCUT2D eigenvalue weighted by Gasteiger charge is -2.14. The summed E-state index contributed by atoms with van der Waals surface area (Å²) in [4.78, 5) is 13.2. The Hall–Kier alpha value is -1.39. The van der Waals surface area contributed by atoms with Crippen molar-refractivity contribution in [1.82, 2.24) is 4.90 Å². The average molecular weight is 235 g/mol. The van der Waals surface area contributed by atoms with Crippen LogP contribution in [0.3, 0.4) is 0 Å². The maximum atomic E-state index is 11.1. The van der Waals surface area contributed by atoms with Crippen LogP contribution in [0.2, 0.25) is 0 Å². The number of aliphatic carboxylic acids is 1. The van der Waals surface area contributed by atoms with Gasteiger partial charge in [0.1, 0.15) is 0 Å². The van der Waals surface area contributed by atoms with Crippen LogP contribution in [0.15, 0.2) is 30.3 Å². The summed E-state index contributed by atoms with van der Waals surface area (Å²) in [6, 6.07) is 10.1. The van der Waals surface area contributed by atoms with Gasteiger partial charge in [-0.1, -0.05) is 30.3 Å². The van der Waals surface area contributed by atoms with Gasteiger partial charge >= 0.3 is 5.97 Å². The van der Waals surface area contributed by atoms with Gasteiger partial charge in [-0.3, -0.25) is 9.69 Å². The molecule has 1 N–H and O–H groups in total. The first-order valence-electron chi connectivity index (χ1n) is 5.72. The molecule has 1 aliphatic heterocycles. The maximum absolute atomic E-state index is 11.1. The summed E-state index contributed by atoms with van der Waals surface area (Å²) < 4.78 is 5.23. The lowest BCUT2D eigenvalue weighted by Crippen LogP contribution is -2.27. The topological polar surface area (TPSA) is 49.8 Å². The van der Waals surface area contributed by atoms with Crippen LogP contribution in [0.1, 0.15) is 5.56 Å². The van der Waals surface area contributed by atoms with Crippen molar-refractivity contribution < 1.29 is 14.6 Å². The van der Waals surface area contributed by atoms with Crippen molar-refractivity contribution in [3.05, 3.63) is 35.9 Å². The molecule has 1 aromatic rings. The van der Waals surface area contributed by atoms with Gasteiger partial charge in [0.2, 0.25) is 0 Å². The molecule has 1 aromatic carbocycles. The molecule has 4 heteroatoms. The molecule has 0 saturated carbocycles. The Morgan fingerprint density at radius 3 is 2.65 bits per heavy atom. The van der Waals surface area contributed by atoms with E-state index in [0.29, 0.717) is 13.1 Å². The van der Waals surface area contributed by atoms with Crippen LogP contribution in [0.4, 0.5) is 0 Å². The molecule has 0 radical (unpaired) electrons. The third-order valence-electron chi connectivity index (χ3n) is 3.21. The average Bonchev–Trinajstić information content (AvgIpc) is 2.73. The van der Waals surface area contributed by atoms with Gasteiger partial charge in [-0.25, -0.2) is 0 Å². The minimum atomic E-state index is -0.771. The van der Waals surface area contributed by atoms with E-state index < -0.39 is 11.9 Å². The number of hydrogen-bond donors (Lipinski definition) is 1. The van der Waals surface area contributed by atoms with Crippen LogP contribution in [0.5, 0.6) is 0 Å². The van der Waals surface area contributed by atoms with Crippen molar-refractivity contribution in [2.24, 2.45) is 5.92 Å². The molecule has 1 saturated heterocycles. The van der Waals surface area contributed by atoms with E-state index >= 15 is 0 Å². The van der Waals surface area contributed by atoms with E-state index in [1.54, 1.807) is 7.11 Å². The van der Waals surface area contributed by atoms with Gasteiger partial charge in [-0.2, -0.15) is 0 Å². The second-order valence-electron chi connectivity index (χ2n) is 4.40. The smallest absolute Gasteiger partial charge is 0.310 e. The fraction of sp³-hybridized carbons (Fsp3) is 0.462. The summed E-state index contributed by atoms with van der Waals surface area (Å²) in [5.41, 5.74) is 1.20. The molecule has 0 aliphatic carbocycles. The summed E-state index contributed by atoms with van der Waals surface area (Å²) >= 11 is 0. The standard InChI is InChI=1S/C13H17NO3/c1-17-12-9-14(8-11(12)13(15)16)7-10-5-3-2-4-6-10/h2-6,11-12H,7-9H2,1H3,(H,15,16)/t11-,12-/m1/s1. The monoisotopic (exact) mass is 235 g/mol. The van der Waals surface area contributed by atoms with Crippen molar-refractivity contribution in [3.8, 4) is 0 Å². The Bertz CT molecular complexity index is 380. The number of benzene rings is 1. The highest BCUT2D eigenvalue weighted by atomic mass is 16.5. The predicted molar refractivity (Wildman–Crippen MR) is 63.6 cm³/mol. The van der Waals surface area contributed by atoms with Crippen LogP contribution in [0, 0.1) is 5.92 Å². The Morgan fingerprint density at radius 1 is 1.41 bits per heavy atom. The van der Waals surface area contributed by atoms with E-state index in [-0.39, 0.29) is 6.10 Å². The number of carbonyl (C=O) groups is 1. The highest BCUT2D eigenvalue weighted by Gasteiger charge is 2.37. The molecule has 1 heterocycles. The van der Waals surface area contributed by atoms with Gasteiger partial charge in [0, 0.05) is 26.7 Å². The van der Waals surface area contributed by atoms with E-state index in [2.05, 4.69) is 17.0 Å². The molecule has 0 unspecified atom stereocenters. The first-order valence-corrected chi connectivity index (χ1v) is 5.72. The second kappa shape index (κ2) is 5.29. The maximum Gasteiger partial charge on any atom is 0.310 e. The molecular weight excluding hydrogens is 218 g/mol. The van der Waals surface area contributed by atoms with Gasteiger partial charge in [-0.05, 0) is 5.56 Å². The zero-order chi connectivity index (χ0) is 12.3. The van der Waals surface area contributed by atoms with E-state index in [1.165, 1.54) is 5.56 Å². The normalized spacial score (nSPS) is 25.0. The molecule has 1 aliphatic rings. The van der Waals surface area contributed by atoms with Crippen molar-refractivity contribution in [2.75, 3.05) is 20.2 Å². The summed E-state index contributed by atoms with van der Waals surface area (Å²) in [7, 11) is 1.58. The lowest BCUT2D eigenvalue weighted by atomic mass is 10.1. The first kappa shape index (κ1) is 12.1. The van der Waals surface area contributed by atoms with Crippen LogP contribution in [-0.2, 0) is 16.1 Å². The van der Waals surface area contributed by atoms with Gasteiger partial charge in [0.15, 0.2) is 0 Å². The highest BCUT2D eigenvalue weighted by Crippen LogP contribution is 2.21. The van der Waals surface area contributed by atoms with Gasteiger partial charge in [0.25, 0.3) is 0 Å². The number of rotatable bonds is 4. The SMILES string of the molecule is CO[C@@H]1CN(Cc2ccccc2)C[C@H]1C(=O)O. The molecule has 0 amide bonds. The molecule has 17 heavy (non-hydrogen) atoms. The Morgan fingerprint density at radius 2 is 2.12 bits per heavy atom. The fourth-order valence-electron chi connectivity index (χ4n) is 2.30. The molecule has 2 rings (SSSR count). The number of hydrogen-bond acceptors (Lipinski definition) is 3. The third-order valence-corrected chi connectivity index (χ3v) is 3.21. The van der Waals surface area contributed by atoms with Crippen molar-refractivity contribution >= 4 is 5.97 Å². The Balaban J connectivity index is 1.99. The summed E-state index contributed by atoms with van der Waals surface area (Å²) in [5.74, 6) is -1.18. The zero-order valence-corrected chi connectivity index (χ0v) is 9.87. The number of likely N-dealkylation sites (tertiary alicyclic amines) is 1. The predicted octanol–water partition coefficient (Wildman–Crippen LogP) is 1.22. The molecule has 0 bridgehead atoms. The number of methoxy groups -OCH3 is 1. The second-order valence-corrected chi connectivity index (χ2v) is 4.40. The number of ether oxygens (including phenoxy) is 1. The van der Waals surface area contributed by atoms with E-state index in [9.17, 15) is 4.79 Å². The van der Waals surface area contributed by atoms with Gasteiger partial charge in [-0.15, -0.1) is 0 Å². The van der Waals surface area contributed by atoms with Crippen LogP contribution >= 0.6 is 0 Å². The fourth-order valence-corrected chi connectivity index (χ4v) is 2.30. The first-order chi connectivity index (χ1) is 8.20. The Kier molecular flexibility index (Phi) is 3.76. The van der Waals surface area contributed by atoms with Gasteiger partial charge < -0.3 is 9.84 Å². The molecule has 2 atom stereocenters. The molecule has 0 spiro atoms. The minimum absolute atomic E-state index is 0.198. The van der Waals surface area contributed by atoms with Crippen molar-refractivity contribution in [2.45, 2.75) is 12.6 Å². The number of carboxylic acids is 1. The molecular formula is C13H17NO3. The molecule has 4 nitrogen and oxygen atoms in total. The number of nitrogens with zero attached hydrogens (tertiary/aromatic N) is 1.